The Morgan fingerprint density at radius 3 is 3.08 bits per heavy atom. The molecule has 12 heavy (non-hydrogen) atoms. The molecule has 0 spiro atoms. The fraction of sp³-hybridized carbons (Fsp3) is 0.222. The highest BCUT2D eigenvalue weighted by atomic mass is 35.5. The minimum atomic E-state index is 0.554. The Balaban J connectivity index is 2.77. The van der Waals surface area contributed by atoms with Crippen molar-refractivity contribution in [3.8, 4) is 11.8 Å². The molecule has 0 fully saturated rings. The lowest BCUT2D eigenvalue weighted by atomic mass is 10.2. The molecule has 0 aliphatic rings. The SMILES string of the molecule is Nc1cnccc1C#CCCCl. The second-order valence-corrected chi connectivity index (χ2v) is 2.58. The van der Waals surface area contributed by atoms with Crippen LogP contribution in [0.25, 0.3) is 0 Å². The average molecular weight is 181 g/mol. The molecule has 2 N–H and O–H groups in total. The van der Waals surface area contributed by atoms with Gasteiger partial charge in [-0.05, 0) is 6.07 Å². The van der Waals surface area contributed by atoms with Gasteiger partial charge in [-0.25, -0.2) is 0 Å². The van der Waals surface area contributed by atoms with Crippen molar-refractivity contribution in [1.29, 1.82) is 0 Å². The quantitative estimate of drug-likeness (QED) is 0.527. The van der Waals surface area contributed by atoms with Crippen molar-refractivity contribution in [3.05, 3.63) is 24.0 Å². The van der Waals surface area contributed by atoms with Crippen molar-refractivity contribution in [2.45, 2.75) is 6.42 Å². The molecule has 1 aromatic rings. The third-order valence-electron chi connectivity index (χ3n) is 1.29. The van der Waals surface area contributed by atoms with Gasteiger partial charge in [-0.1, -0.05) is 11.8 Å². The monoisotopic (exact) mass is 180 g/mol. The second-order valence-electron chi connectivity index (χ2n) is 2.20. The van der Waals surface area contributed by atoms with Gasteiger partial charge in [-0.15, -0.1) is 11.6 Å². The van der Waals surface area contributed by atoms with Gasteiger partial charge in [0.25, 0.3) is 0 Å². The van der Waals surface area contributed by atoms with E-state index < -0.39 is 0 Å². The van der Waals surface area contributed by atoms with Crippen LogP contribution in [0.5, 0.6) is 0 Å². The van der Waals surface area contributed by atoms with E-state index in [1.54, 1.807) is 18.5 Å². The van der Waals surface area contributed by atoms with Crippen LogP contribution in [0.1, 0.15) is 12.0 Å². The van der Waals surface area contributed by atoms with E-state index in [-0.39, 0.29) is 0 Å². The number of nitrogen functional groups attached to an aromatic ring is 1. The van der Waals surface area contributed by atoms with E-state index in [1.165, 1.54) is 0 Å². The number of alkyl halides is 1. The number of nitrogens with two attached hydrogens (primary N) is 1. The zero-order valence-electron chi connectivity index (χ0n) is 6.55. The number of aromatic nitrogens is 1. The van der Waals surface area contributed by atoms with Crippen LogP contribution in [-0.4, -0.2) is 10.9 Å². The Morgan fingerprint density at radius 1 is 1.58 bits per heavy atom. The molecular formula is C9H9ClN2. The van der Waals surface area contributed by atoms with E-state index in [9.17, 15) is 0 Å². The predicted octanol–water partition coefficient (Wildman–Crippen LogP) is 1.64. The van der Waals surface area contributed by atoms with Gasteiger partial charge in [-0.2, -0.15) is 0 Å². The Kier molecular flexibility index (Phi) is 3.43. The molecule has 0 amide bonds. The van der Waals surface area contributed by atoms with E-state index >= 15 is 0 Å². The molecule has 0 aromatic carbocycles. The highest BCUT2D eigenvalue weighted by Gasteiger charge is 1.90. The van der Waals surface area contributed by atoms with Crippen LogP contribution >= 0.6 is 11.6 Å². The first-order valence-electron chi connectivity index (χ1n) is 3.59. The third kappa shape index (κ3) is 2.44. The molecule has 62 valence electrons. The molecule has 0 saturated carbocycles. The van der Waals surface area contributed by atoms with Crippen molar-refractivity contribution in [2.24, 2.45) is 0 Å². The minimum absolute atomic E-state index is 0.554. The molecule has 0 bridgehead atoms. The van der Waals surface area contributed by atoms with E-state index in [0.29, 0.717) is 18.0 Å². The Hall–Kier alpha value is -1.20. The Bertz CT molecular complexity index is 312. The van der Waals surface area contributed by atoms with Gasteiger partial charge in [0, 0.05) is 18.5 Å². The summed E-state index contributed by atoms with van der Waals surface area (Å²) in [5, 5.41) is 0. The van der Waals surface area contributed by atoms with Gasteiger partial charge >= 0.3 is 0 Å². The highest BCUT2D eigenvalue weighted by molar-refractivity contribution is 6.18. The predicted molar refractivity (Wildman–Crippen MR) is 50.9 cm³/mol. The number of pyridine rings is 1. The average Bonchev–Trinajstić information content (AvgIpc) is 2.09. The summed E-state index contributed by atoms with van der Waals surface area (Å²) in [5.41, 5.74) is 7.03. The number of anilines is 1. The molecule has 0 saturated heterocycles. The zero-order valence-corrected chi connectivity index (χ0v) is 7.30. The fourth-order valence-corrected chi connectivity index (χ4v) is 0.820. The van der Waals surface area contributed by atoms with Gasteiger partial charge in [0.05, 0.1) is 17.4 Å². The standard InChI is InChI=1S/C9H9ClN2/c10-5-2-1-3-8-4-6-12-7-9(8)11/h4,6-7H,2,5,11H2. The first-order valence-corrected chi connectivity index (χ1v) is 4.12. The molecule has 0 atom stereocenters. The third-order valence-corrected chi connectivity index (χ3v) is 1.48. The summed E-state index contributed by atoms with van der Waals surface area (Å²) < 4.78 is 0. The number of halogens is 1. The Labute approximate surface area is 76.8 Å². The molecule has 1 heterocycles. The number of hydrogen-bond donors (Lipinski definition) is 1. The maximum atomic E-state index is 5.60. The summed E-state index contributed by atoms with van der Waals surface area (Å²) in [7, 11) is 0. The maximum absolute atomic E-state index is 5.60. The number of rotatable bonds is 1. The highest BCUT2D eigenvalue weighted by Crippen LogP contribution is 2.05. The van der Waals surface area contributed by atoms with Crippen LogP contribution in [-0.2, 0) is 0 Å². The number of hydrogen-bond acceptors (Lipinski definition) is 2. The van der Waals surface area contributed by atoms with E-state index in [0.717, 1.165) is 5.56 Å². The van der Waals surface area contributed by atoms with Crippen LogP contribution in [0, 0.1) is 11.8 Å². The summed E-state index contributed by atoms with van der Waals surface area (Å²) in [6.07, 6.45) is 3.94. The summed E-state index contributed by atoms with van der Waals surface area (Å²) in [6.45, 7) is 0. The van der Waals surface area contributed by atoms with E-state index in [4.69, 9.17) is 17.3 Å². The van der Waals surface area contributed by atoms with E-state index in [2.05, 4.69) is 16.8 Å². The van der Waals surface area contributed by atoms with Gasteiger partial charge in [-0.3, -0.25) is 4.98 Å². The lowest BCUT2D eigenvalue weighted by Crippen LogP contribution is -1.90. The van der Waals surface area contributed by atoms with Crippen molar-refractivity contribution in [1.82, 2.24) is 4.98 Å². The summed E-state index contributed by atoms with van der Waals surface area (Å²) >= 11 is 5.46. The largest absolute Gasteiger partial charge is 0.396 e. The molecule has 0 radical (unpaired) electrons. The van der Waals surface area contributed by atoms with Gasteiger partial charge in [0.1, 0.15) is 0 Å². The molecular weight excluding hydrogens is 172 g/mol. The van der Waals surface area contributed by atoms with Crippen LogP contribution in [0.15, 0.2) is 18.5 Å². The van der Waals surface area contributed by atoms with Gasteiger partial charge < -0.3 is 5.73 Å². The molecule has 0 unspecified atom stereocenters. The Morgan fingerprint density at radius 2 is 2.42 bits per heavy atom. The van der Waals surface area contributed by atoms with Crippen molar-refractivity contribution >= 4 is 17.3 Å². The smallest absolute Gasteiger partial charge is 0.0659 e. The number of nitrogens with zero attached hydrogens (tertiary/aromatic N) is 1. The van der Waals surface area contributed by atoms with Gasteiger partial charge in [0.15, 0.2) is 0 Å². The second kappa shape index (κ2) is 4.63. The lowest BCUT2D eigenvalue weighted by Gasteiger charge is -1.93. The zero-order chi connectivity index (χ0) is 8.81. The molecule has 0 aliphatic heterocycles. The topological polar surface area (TPSA) is 38.9 Å². The van der Waals surface area contributed by atoms with E-state index in [1.807, 2.05) is 0 Å². The van der Waals surface area contributed by atoms with Crippen LogP contribution < -0.4 is 5.73 Å². The maximum Gasteiger partial charge on any atom is 0.0659 e. The first kappa shape index (κ1) is 8.89. The van der Waals surface area contributed by atoms with Crippen LogP contribution in [0.2, 0.25) is 0 Å². The minimum Gasteiger partial charge on any atom is -0.396 e. The van der Waals surface area contributed by atoms with Crippen molar-refractivity contribution < 1.29 is 0 Å². The van der Waals surface area contributed by atoms with Crippen molar-refractivity contribution in [2.75, 3.05) is 11.6 Å². The van der Waals surface area contributed by atoms with Crippen molar-refractivity contribution in [3.63, 3.8) is 0 Å². The van der Waals surface area contributed by atoms with Crippen LogP contribution in [0.3, 0.4) is 0 Å². The lowest BCUT2D eigenvalue weighted by molar-refractivity contribution is 1.28. The fourth-order valence-electron chi connectivity index (χ4n) is 0.725. The molecule has 1 aromatic heterocycles. The molecule has 2 nitrogen and oxygen atoms in total. The molecule has 0 aliphatic carbocycles. The summed E-state index contributed by atoms with van der Waals surface area (Å²) in [6, 6.07) is 1.79. The molecule has 1 rings (SSSR count). The normalized spacial score (nSPS) is 8.75. The first-order chi connectivity index (χ1) is 5.84. The summed E-state index contributed by atoms with van der Waals surface area (Å²) in [5.74, 6) is 6.37. The van der Waals surface area contributed by atoms with Gasteiger partial charge in [0.2, 0.25) is 0 Å². The van der Waals surface area contributed by atoms with Crippen LogP contribution in [0.4, 0.5) is 5.69 Å². The summed E-state index contributed by atoms with van der Waals surface area (Å²) in [4.78, 5) is 3.85. The molecule has 3 heteroatoms.